The van der Waals surface area contributed by atoms with Gasteiger partial charge in [-0.25, -0.2) is 14.2 Å². The van der Waals surface area contributed by atoms with Gasteiger partial charge in [-0.3, -0.25) is 4.79 Å². The van der Waals surface area contributed by atoms with Crippen molar-refractivity contribution in [1.82, 2.24) is 15.3 Å². The number of hydrogen-bond acceptors (Lipinski definition) is 5. The number of hydrogen-bond donors (Lipinski definition) is 3. The van der Waals surface area contributed by atoms with Crippen LogP contribution in [0.5, 0.6) is 0 Å². The largest absolute Gasteiger partial charge is 0.410 e. The van der Waals surface area contributed by atoms with Crippen molar-refractivity contribution < 1.29 is 23.8 Å². The van der Waals surface area contributed by atoms with Gasteiger partial charge in [0.25, 0.3) is 11.7 Å². The highest BCUT2D eigenvalue weighted by Gasteiger charge is 2.49. The van der Waals surface area contributed by atoms with Crippen LogP contribution in [0.15, 0.2) is 36.5 Å². The number of fused-ring (bicyclic) bond motifs is 1. The number of alkyl carbamates (subject to hydrolysis) is 1. The Hall–Kier alpha value is -3.17. The molecule has 1 atom stereocenters. The summed E-state index contributed by atoms with van der Waals surface area (Å²) in [5.41, 5.74) is 2.51. The van der Waals surface area contributed by atoms with Crippen LogP contribution in [0.25, 0.3) is 11.0 Å². The van der Waals surface area contributed by atoms with E-state index in [-0.39, 0.29) is 24.5 Å². The van der Waals surface area contributed by atoms with E-state index in [1.165, 1.54) is 23.2 Å². The fourth-order valence-corrected chi connectivity index (χ4v) is 3.63. The highest BCUT2D eigenvalue weighted by atomic mass is 35.5. The molecule has 8 nitrogen and oxygen atoms in total. The van der Waals surface area contributed by atoms with Crippen molar-refractivity contribution in [1.29, 1.82) is 0 Å². The lowest BCUT2D eigenvalue weighted by molar-refractivity contribution is -0.175. The molecular weight excluding hydrogens is 415 g/mol. The van der Waals surface area contributed by atoms with Crippen LogP contribution in [-0.2, 0) is 16.1 Å². The monoisotopic (exact) mass is 432 g/mol. The Bertz CT molecular complexity index is 1130. The van der Waals surface area contributed by atoms with Gasteiger partial charge in [-0.1, -0.05) is 11.6 Å². The molecule has 0 bridgehead atoms. The summed E-state index contributed by atoms with van der Waals surface area (Å²) in [6.45, 7) is 1.96. The van der Waals surface area contributed by atoms with Crippen molar-refractivity contribution in [3.63, 3.8) is 0 Å². The van der Waals surface area contributed by atoms with Gasteiger partial charge in [0.2, 0.25) is 0 Å². The van der Waals surface area contributed by atoms with Crippen LogP contribution < -0.4 is 10.2 Å². The lowest BCUT2D eigenvalue weighted by atomic mass is 10.2. The third-order valence-corrected chi connectivity index (χ3v) is 4.99. The quantitative estimate of drug-likeness (QED) is 0.549. The number of aromatic amines is 1. The molecule has 1 aromatic carbocycles. The Balaban J connectivity index is 1.42. The molecule has 30 heavy (non-hydrogen) atoms. The molecule has 1 fully saturated rings. The van der Waals surface area contributed by atoms with Crippen LogP contribution in [0.3, 0.4) is 0 Å². The number of aryl methyl sites for hydroxylation is 1. The van der Waals surface area contributed by atoms with Gasteiger partial charge < -0.3 is 25.0 Å². The third-order valence-electron chi connectivity index (χ3n) is 4.78. The van der Waals surface area contributed by atoms with E-state index in [1.807, 2.05) is 13.0 Å². The minimum absolute atomic E-state index is 0.0856. The first-order valence-corrected chi connectivity index (χ1v) is 9.53. The first-order chi connectivity index (χ1) is 14.2. The maximum absolute atomic E-state index is 13.4. The normalized spacial score (nSPS) is 18.8. The first-order valence-electron chi connectivity index (χ1n) is 9.15. The zero-order valence-electron chi connectivity index (χ0n) is 15.9. The molecule has 10 heteroatoms. The van der Waals surface area contributed by atoms with Gasteiger partial charge in [0.15, 0.2) is 0 Å². The maximum Gasteiger partial charge on any atom is 0.410 e. The summed E-state index contributed by atoms with van der Waals surface area (Å²) >= 11 is 5.77. The molecule has 2 aromatic heterocycles. The van der Waals surface area contributed by atoms with E-state index in [9.17, 15) is 19.1 Å². The predicted molar refractivity (Wildman–Crippen MR) is 107 cm³/mol. The van der Waals surface area contributed by atoms with Crippen molar-refractivity contribution in [3.8, 4) is 0 Å². The van der Waals surface area contributed by atoms with Crippen LogP contribution in [0.4, 0.5) is 14.9 Å². The second-order valence-electron chi connectivity index (χ2n) is 7.10. The van der Waals surface area contributed by atoms with Crippen molar-refractivity contribution in [2.45, 2.75) is 25.7 Å². The highest BCUT2D eigenvalue weighted by molar-refractivity contribution is 6.30. The van der Waals surface area contributed by atoms with Crippen molar-refractivity contribution in [3.05, 3.63) is 58.6 Å². The van der Waals surface area contributed by atoms with Gasteiger partial charge in [-0.05, 0) is 42.8 Å². The van der Waals surface area contributed by atoms with Gasteiger partial charge in [-0.2, -0.15) is 0 Å². The van der Waals surface area contributed by atoms with E-state index < -0.39 is 23.6 Å². The van der Waals surface area contributed by atoms with Gasteiger partial charge >= 0.3 is 6.09 Å². The Morgan fingerprint density at radius 1 is 1.40 bits per heavy atom. The molecular formula is C20H18ClFN4O4. The Morgan fingerprint density at radius 2 is 2.20 bits per heavy atom. The van der Waals surface area contributed by atoms with Gasteiger partial charge in [0.1, 0.15) is 11.5 Å². The molecule has 1 saturated heterocycles. The Morgan fingerprint density at radius 3 is 2.97 bits per heavy atom. The van der Waals surface area contributed by atoms with E-state index >= 15 is 0 Å². The standard InChI is InChI=1S/C20H18ClFN4O4/c1-11-4-13-7-16(10-23-17(13)25-11)26-3-2-20(29,18(26)27)30-19(28)24-9-12-5-14(21)8-15(22)6-12/h4-8,10,29H,2-3,9H2,1H3,(H,23,25)(H,24,28)/t20-/m1/s1. The van der Waals surface area contributed by atoms with Crippen LogP contribution in [0.2, 0.25) is 5.02 Å². The van der Waals surface area contributed by atoms with E-state index in [2.05, 4.69) is 15.3 Å². The SMILES string of the molecule is Cc1cc2cc(N3CC[C@@](O)(OC(=O)NCc4cc(F)cc(Cl)c4)C3=O)cnc2[nH]1. The lowest BCUT2D eigenvalue weighted by Gasteiger charge is -2.22. The molecule has 0 spiro atoms. The maximum atomic E-state index is 13.4. The molecule has 1 aliphatic heterocycles. The number of ether oxygens (including phenoxy) is 1. The third kappa shape index (κ3) is 3.94. The molecule has 0 unspecified atom stereocenters. The average Bonchev–Trinajstić information content (AvgIpc) is 3.18. The number of aromatic nitrogens is 2. The van der Waals surface area contributed by atoms with Crippen LogP contribution in [0.1, 0.15) is 17.7 Å². The molecule has 3 N–H and O–H groups in total. The first kappa shape index (κ1) is 20.1. The summed E-state index contributed by atoms with van der Waals surface area (Å²) in [6.07, 6.45) is 0.396. The number of amides is 2. The smallest absolute Gasteiger partial charge is 0.407 e. The van der Waals surface area contributed by atoms with Crippen molar-refractivity contribution in [2.75, 3.05) is 11.4 Å². The topological polar surface area (TPSA) is 108 Å². The number of halogens is 2. The van der Waals surface area contributed by atoms with Gasteiger partial charge in [-0.15, -0.1) is 0 Å². The number of aliphatic hydroxyl groups is 1. The van der Waals surface area contributed by atoms with E-state index in [0.717, 1.165) is 17.1 Å². The molecule has 3 heterocycles. The van der Waals surface area contributed by atoms with Gasteiger partial charge in [0.05, 0.1) is 11.9 Å². The van der Waals surface area contributed by atoms with Crippen molar-refractivity contribution in [2.24, 2.45) is 0 Å². The van der Waals surface area contributed by atoms with Crippen LogP contribution in [0, 0.1) is 12.7 Å². The number of H-pyrrole nitrogens is 1. The van der Waals surface area contributed by atoms with Crippen molar-refractivity contribution >= 4 is 40.3 Å². The molecule has 156 valence electrons. The minimum Gasteiger partial charge on any atom is -0.407 e. The average molecular weight is 433 g/mol. The molecule has 3 aromatic rings. The summed E-state index contributed by atoms with van der Waals surface area (Å²) in [5, 5.41) is 14.0. The summed E-state index contributed by atoms with van der Waals surface area (Å²) < 4.78 is 18.4. The summed E-state index contributed by atoms with van der Waals surface area (Å²) in [5.74, 6) is -3.61. The summed E-state index contributed by atoms with van der Waals surface area (Å²) in [6, 6.07) is 7.48. The second kappa shape index (κ2) is 7.58. The number of benzene rings is 1. The lowest BCUT2D eigenvalue weighted by Crippen LogP contribution is -2.46. The summed E-state index contributed by atoms with van der Waals surface area (Å²) in [4.78, 5) is 33.5. The second-order valence-corrected chi connectivity index (χ2v) is 7.53. The molecule has 2 amide bonds. The zero-order valence-corrected chi connectivity index (χ0v) is 16.7. The number of carbonyl (C=O) groups is 2. The van der Waals surface area contributed by atoms with Crippen LogP contribution in [-0.4, -0.2) is 39.4 Å². The van der Waals surface area contributed by atoms with E-state index in [4.69, 9.17) is 16.3 Å². The number of carbonyl (C=O) groups excluding carboxylic acids is 2. The molecule has 0 aliphatic carbocycles. The fraction of sp³-hybridized carbons (Fsp3) is 0.250. The number of rotatable bonds is 4. The highest BCUT2D eigenvalue weighted by Crippen LogP contribution is 2.30. The number of nitrogens with zero attached hydrogens (tertiary/aromatic N) is 2. The van der Waals surface area contributed by atoms with Gasteiger partial charge in [0, 0.05) is 35.6 Å². The number of anilines is 1. The number of pyridine rings is 1. The molecule has 1 aliphatic rings. The zero-order chi connectivity index (χ0) is 21.5. The minimum atomic E-state index is -2.30. The Kier molecular flexibility index (Phi) is 5.08. The Labute approximate surface area is 175 Å². The predicted octanol–water partition coefficient (Wildman–Crippen LogP) is 3.02. The molecule has 0 radical (unpaired) electrons. The number of nitrogens with one attached hydrogen (secondary N) is 2. The van der Waals surface area contributed by atoms with E-state index in [1.54, 1.807) is 6.07 Å². The molecule has 0 saturated carbocycles. The summed E-state index contributed by atoms with van der Waals surface area (Å²) in [7, 11) is 0. The fourth-order valence-electron chi connectivity index (χ4n) is 3.39. The van der Waals surface area contributed by atoms with Crippen LogP contribution >= 0.6 is 11.6 Å². The van der Waals surface area contributed by atoms with E-state index in [0.29, 0.717) is 16.9 Å². The molecule has 4 rings (SSSR count).